The molecule has 1 N–H and O–H groups in total. The molecule has 2 aromatic rings. The summed E-state index contributed by atoms with van der Waals surface area (Å²) in [5.41, 5.74) is 1.79. The summed E-state index contributed by atoms with van der Waals surface area (Å²) in [7, 11) is 0. The van der Waals surface area contributed by atoms with Gasteiger partial charge in [-0.25, -0.2) is 0 Å². The number of ether oxygens (including phenoxy) is 1. The van der Waals surface area contributed by atoms with Crippen LogP contribution in [0.2, 0.25) is 0 Å². The highest BCUT2D eigenvalue weighted by atomic mass is 19.4. The number of hydrogen-bond donors (Lipinski definition) is 1. The van der Waals surface area contributed by atoms with Gasteiger partial charge in [-0.1, -0.05) is 24.3 Å². The van der Waals surface area contributed by atoms with E-state index in [4.69, 9.17) is 0 Å². The lowest BCUT2D eigenvalue weighted by Crippen LogP contribution is -2.17. The maximum Gasteiger partial charge on any atom is 0.573 e. The van der Waals surface area contributed by atoms with E-state index in [1.807, 2.05) is 12.1 Å². The predicted octanol–water partition coefficient (Wildman–Crippen LogP) is 4.00. The lowest BCUT2D eigenvalue weighted by molar-refractivity contribution is -0.274. The third kappa shape index (κ3) is 4.54. The Bertz CT molecular complexity index is 508. The van der Waals surface area contributed by atoms with E-state index < -0.39 is 6.36 Å². The van der Waals surface area contributed by atoms with Gasteiger partial charge in [-0.05, 0) is 35.9 Å². The molecule has 0 atom stereocenters. The summed E-state index contributed by atoms with van der Waals surface area (Å²) in [5, 5.41) is 3.10. The third-order valence-corrected chi connectivity index (χ3v) is 2.37. The van der Waals surface area contributed by atoms with Crippen molar-refractivity contribution in [2.24, 2.45) is 0 Å². The monoisotopic (exact) mass is 266 g/mol. The van der Waals surface area contributed by atoms with E-state index in [0.717, 1.165) is 11.3 Å². The molecular formula is C14H11F3NO. The van der Waals surface area contributed by atoms with Crippen LogP contribution < -0.4 is 10.1 Å². The van der Waals surface area contributed by atoms with Crippen molar-refractivity contribution >= 4 is 5.69 Å². The van der Waals surface area contributed by atoms with Crippen molar-refractivity contribution in [3.05, 3.63) is 60.2 Å². The van der Waals surface area contributed by atoms with Crippen molar-refractivity contribution in [1.29, 1.82) is 0 Å². The number of alkyl halides is 3. The molecular weight excluding hydrogens is 255 g/mol. The van der Waals surface area contributed by atoms with Gasteiger partial charge in [-0.2, -0.15) is 0 Å². The molecule has 0 spiro atoms. The van der Waals surface area contributed by atoms with Crippen molar-refractivity contribution < 1.29 is 17.9 Å². The highest BCUT2D eigenvalue weighted by Crippen LogP contribution is 2.24. The Morgan fingerprint density at radius 1 is 1.00 bits per heavy atom. The van der Waals surface area contributed by atoms with Crippen LogP contribution >= 0.6 is 0 Å². The molecule has 99 valence electrons. The second-order valence-electron chi connectivity index (χ2n) is 3.83. The SMILES string of the molecule is FC(F)(F)Oc1ccc(NCc2cc[c]cc2)cc1. The van der Waals surface area contributed by atoms with E-state index in [9.17, 15) is 13.2 Å². The van der Waals surface area contributed by atoms with Gasteiger partial charge in [0.15, 0.2) is 0 Å². The van der Waals surface area contributed by atoms with Crippen LogP contribution in [0.5, 0.6) is 5.75 Å². The number of hydrogen-bond acceptors (Lipinski definition) is 2. The van der Waals surface area contributed by atoms with Gasteiger partial charge in [-0.15, -0.1) is 13.2 Å². The Morgan fingerprint density at radius 2 is 1.63 bits per heavy atom. The molecule has 2 rings (SSSR count). The summed E-state index contributed by atoms with van der Waals surface area (Å²) >= 11 is 0. The molecule has 2 aromatic carbocycles. The van der Waals surface area contributed by atoms with E-state index >= 15 is 0 Å². The van der Waals surface area contributed by atoms with Crippen LogP contribution in [0.4, 0.5) is 18.9 Å². The molecule has 0 aromatic heterocycles. The lowest BCUT2D eigenvalue weighted by Gasteiger charge is -2.10. The second kappa shape index (κ2) is 5.65. The van der Waals surface area contributed by atoms with Crippen molar-refractivity contribution in [2.45, 2.75) is 12.9 Å². The van der Waals surface area contributed by atoms with Gasteiger partial charge in [0.05, 0.1) is 0 Å². The standard InChI is InChI=1S/C14H11F3NO/c15-14(16,17)19-13-8-6-12(7-9-13)18-10-11-4-2-1-3-5-11/h2-9,18H,10H2. The second-order valence-corrected chi connectivity index (χ2v) is 3.83. The average molecular weight is 266 g/mol. The smallest absolute Gasteiger partial charge is 0.406 e. The number of anilines is 1. The molecule has 0 unspecified atom stereocenters. The van der Waals surface area contributed by atoms with E-state index in [1.165, 1.54) is 24.3 Å². The van der Waals surface area contributed by atoms with E-state index in [2.05, 4.69) is 16.1 Å². The fraction of sp³-hybridized carbons (Fsp3) is 0.143. The molecule has 0 saturated heterocycles. The molecule has 0 amide bonds. The van der Waals surface area contributed by atoms with Crippen LogP contribution in [0.25, 0.3) is 0 Å². The van der Waals surface area contributed by atoms with Crippen LogP contribution in [-0.4, -0.2) is 6.36 Å². The molecule has 0 bridgehead atoms. The zero-order valence-corrected chi connectivity index (χ0v) is 9.87. The minimum Gasteiger partial charge on any atom is -0.406 e. The minimum absolute atomic E-state index is 0.229. The first kappa shape index (κ1) is 13.3. The molecule has 1 radical (unpaired) electrons. The van der Waals surface area contributed by atoms with Gasteiger partial charge in [0.1, 0.15) is 5.75 Å². The molecule has 0 fully saturated rings. The van der Waals surface area contributed by atoms with Crippen LogP contribution in [0.3, 0.4) is 0 Å². The number of benzene rings is 2. The highest BCUT2D eigenvalue weighted by molar-refractivity contribution is 5.46. The van der Waals surface area contributed by atoms with E-state index in [-0.39, 0.29) is 5.75 Å². The first-order valence-electron chi connectivity index (χ1n) is 5.58. The maximum atomic E-state index is 12.0. The fourth-order valence-corrected chi connectivity index (χ4v) is 1.52. The first-order chi connectivity index (χ1) is 9.03. The summed E-state index contributed by atoms with van der Waals surface area (Å²) < 4.78 is 39.7. The molecule has 0 aliphatic carbocycles. The number of nitrogens with one attached hydrogen (secondary N) is 1. The van der Waals surface area contributed by atoms with Crippen LogP contribution in [0.1, 0.15) is 5.56 Å². The first-order valence-corrected chi connectivity index (χ1v) is 5.58. The molecule has 0 aliphatic heterocycles. The largest absolute Gasteiger partial charge is 0.573 e. The topological polar surface area (TPSA) is 21.3 Å². The van der Waals surface area contributed by atoms with Crippen LogP contribution in [-0.2, 0) is 6.54 Å². The molecule has 0 heterocycles. The van der Waals surface area contributed by atoms with Gasteiger partial charge < -0.3 is 10.1 Å². The summed E-state index contributed by atoms with van der Waals surface area (Å²) in [6.07, 6.45) is -4.66. The zero-order valence-electron chi connectivity index (χ0n) is 9.87. The Morgan fingerprint density at radius 3 is 2.21 bits per heavy atom. The van der Waals surface area contributed by atoms with Crippen LogP contribution in [0, 0.1) is 6.07 Å². The molecule has 5 heteroatoms. The Labute approximate surface area is 108 Å². The van der Waals surface area contributed by atoms with Crippen molar-refractivity contribution in [3.8, 4) is 5.75 Å². The Kier molecular flexibility index (Phi) is 3.94. The van der Waals surface area contributed by atoms with Crippen LogP contribution in [0.15, 0.2) is 48.5 Å². The maximum absolute atomic E-state index is 12.0. The molecule has 0 aliphatic rings. The van der Waals surface area contributed by atoms with Gasteiger partial charge in [-0.3, -0.25) is 0 Å². The third-order valence-electron chi connectivity index (χ3n) is 2.37. The Hall–Kier alpha value is -2.17. The Balaban J connectivity index is 1.92. The molecule has 0 saturated carbocycles. The van der Waals surface area contributed by atoms with Gasteiger partial charge in [0, 0.05) is 12.2 Å². The van der Waals surface area contributed by atoms with Gasteiger partial charge >= 0.3 is 6.36 Å². The molecule has 2 nitrogen and oxygen atoms in total. The normalized spacial score (nSPS) is 11.1. The lowest BCUT2D eigenvalue weighted by atomic mass is 10.2. The summed E-state index contributed by atoms with van der Waals surface area (Å²) in [6.45, 7) is 0.591. The van der Waals surface area contributed by atoms with Crippen molar-refractivity contribution in [3.63, 3.8) is 0 Å². The van der Waals surface area contributed by atoms with E-state index in [0.29, 0.717) is 6.54 Å². The number of rotatable bonds is 4. The van der Waals surface area contributed by atoms with Crippen molar-refractivity contribution in [1.82, 2.24) is 0 Å². The fourth-order valence-electron chi connectivity index (χ4n) is 1.52. The number of halogens is 3. The zero-order chi connectivity index (χ0) is 13.7. The van der Waals surface area contributed by atoms with E-state index in [1.54, 1.807) is 12.1 Å². The summed E-state index contributed by atoms with van der Waals surface area (Å²) in [5.74, 6) is -0.229. The quantitative estimate of drug-likeness (QED) is 0.903. The minimum atomic E-state index is -4.66. The van der Waals surface area contributed by atoms with Gasteiger partial charge in [0.2, 0.25) is 0 Å². The average Bonchev–Trinajstić information content (AvgIpc) is 2.37. The summed E-state index contributed by atoms with van der Waals surface area (Å²) in [4.78, 5) is 0. The van der Waals surface area contributed by atoms with Gasteiger partial charge in [0.25, 0.3) is 0 Å². The highest BCUT2D eigenvalue weighted by Gasteiger charge is 2.30. The van der Waals surface area contributed by atoms with Crippen molar-refractivity contribution in [2.75, 3.05) is 5.32 Å². The summed E-state index contributed by atoms with van der Waals surface area (Å²) in [6, 6.07) is 16.0. The predicted molar refractivity (Wildman–Crippen MR) is 65.7 cm³/mol. The molecule has 19 heavy (non-hydrogen) atoms.